The van der Waals surface area contributed by atoms with Gasteiger partial charge in [0, 0.05) is 13.3 Å². The van der Waals surface area contributed by atoms with E-state index in [9.17, 15) is 0 Å². The maximum absolute atomic E-state index is 8.18. The highest BCUT2D eigenvalue weighted by molar-refractivity contribution is 5.87. The lowest BCUT2D eigenvalue weighted by atomic mass is 9.97. The predicted molar refractivity (Wildman–Crippen MR) is 88.9 cm³/mol. The van der Waals surface area contributed by atoms with E-state index in [1.165, 1.54) is 22.3 Å². The Bertz CT molecular complexity index is 904. The summed E-state index contributed by atoms with van der Waals surface area (Å²) < 4.78 is 16.1. The molecule has 22 heavy (non-hydrogen) atoms. The van der Waals surface area contributed by atoms with Crippen LogP contribution in [0.25, 0.3) is 22.4 Å². The number of aryl methyl sites for hydroxylation is 3. The van der Waals surface area contributed by atoms with Crippen molar-refractivity contribution in [3.8, 4) is 11.3 Å². The first-order valence-electron chi connectivity index (χ1n) is 8.06. The van der Waals surface area contributed by atoms with E-state index in [-0.39, 0.29) is 0 Å². The fourth-order valence-corrected chi connectivity index (χ4v) is 2.85. The Balaban J connectivity index is 2.37. The van der Waals surface area contributed by atoms with Gasteiger partial charge in [0.2, 0.25) is 5.69 Å². The van der Waals surface area contributed by atoms with Crippen LogP contribution in [-0.4, -0.2) is 4.98 Å². The number of pyridine rings is 1. The van der Waals surface area contributed by atoms with E-state index in [0.717, 1.165) is 16.8 Å². The monoisotopic (exact) mass is 296 g/mol. The quantitative estimate of drug-likeness (QED) is 0.657. The van der Waals surface area contributed by atoms with Crippen molar-refractivity contribution < 1.29 is 10.4 Å². The van der Waals surface area contributed by atoms with Gasteiger partial charge in [-0.25, -0.2) is 4.98 Å². The summed E-state index contributed by atoms with van der Waals surface area (Å²) in [6.45, 7) is 9.96. The number of benzene rings is 1. The molecule has 0 fully saturated rings. The fourth-order valence-electron chi connectivity index (χ4n) is 2.85. The number of rotatable bonds is 2. The minimum Gasteiger partial charge on any atom is -0.440 e. The number of fused-ring (bicyclic) bond motifs is 1. The topological polar surface area (TPSA) is 29.9 Å². The summed E-state index contributed by atoms with van der Waals surface area (Å²) in [5.41, 5.74) is 7.48. The standard InChI is InChI=1S/C19H23N2O/c1-11(2)19-20-17-16(22-19)7-8-21(6)18(17)15-10-12(3)9-13(4)14(15)5/h7-11H,1-6H3/q+1/i11D. The Labute approximate surface area is 133 Å². The summed E-state index contributed by atoms with van der Waals surface area (Å²) in [4.78, 5) is 4.65. The summed E-state index contributed by atoms with van der Waals surface area (Å²) >= 11 is 0. The van der Waals surface area contributed by atoms with E-state index >= 15 is 0 Å². The highest BCUT2D eigenvalue weighted by atomic mass is 16.3. The first-order valence-corrected chi connectivity index (χ1v) is 7.56. The Hall–Kier alpha value is -2.16. The van der Waals surface area contributed by atoms with Crippen LogP contribution in [0.3, 0.4) is 0 Å². The smallest absolute Gasteiger partial charge is 0.242 e. The van der Waals surface area contributed by atoms with Gasteiger partial charge in [-0.15, -0.1) is 0 Å². The molecule has 0 aliphatic carbocycles. The van der Waals surface area contributed by atoms with Crippen molar-refractivity contribution in [2.75, 3.05) is 0 Å². The molecule has 3 aromatic rings. The lowest BCUT2D eigenvalue weighted by Crippen LogP contribution is -2.30. The van der Waals surface area contributed by atoms with E-state index < -0.39 is 5.89 Å². The van der Waals surface area contributed by atoms with Crippen LogP contribution in [0.1, 0.15) is 43.7 Å². The molecule has 3 heteroatoms. The van der Waals surface area contributed by atoms with Gasteiger partial charge in [-0.05, 0) is 38.0 Å². The van der Waals surface area contributed by atoms with Crippen LogP contribution < -0.4 is 4.57 Å². The molecule has 0 N–H and O–H groups in total. The Kier molecular flexibility index (Phi) is 3.21. The predicted octanol–water partition coefficient (Wildman–Crippen LogP) is 4.37. The molecule has 0 saturated carbocycles. The number of oxazole rings is 1. The number of hydrogen-bond acceptors (Lipinski definition) is 2. The maximum Gasteiger partial charge on any atom is 0.242 e. The Morgan fingerprint density at radius 2 is 1.95 bits per heavy atom. The molecule has 0 atom stereocenters. The van der Waals surface area contributed by atoms with E-state index in [1.807, 2.05) is 19.3 Å². The summed E-state index contributed by atoms with van der Waals surface area (Å²) in [6.07, 6.45) is 1.99. The number of aromatic nitrogens is 2. The summed E-state index contributed by atoms with van der Waals surface area (Å²) in [5, 5.41) is 0. The largest absolute Gasteiger partial charge is 0.440 e. The van der Waals surface area contributed by atoms with Crippen LogP contribution >= 0.6 is 0 Å². The van der Waals surface area contributed by atoms with E-state index in [1.54, 1.807) is 13.8 Å². The van der Waals surface area contributed by atoms with Crippen LogP contribution in [0.2, 0.25) is 0 Å². The van der Waals surface area contributed by atoms with Gasteiger partial charge in [0.1, 0.15) is 7.05 Å². The second-order valence-corrected chi connectivity index (χ2v) is 6.26. The molecular weight excluding hydrogens is 272 g/mol. The molecule has 0 aliphatic heterocycles. The van der Waals surface area contributed by atoms with E-state index in [4.69, 9.17) is 5.79 Å². The van der Waals surface area contributed by atoms with Gasteiger partial charge in [-0.2, -0.15) is 4.57 Å². The van der Waals surface area contributed by atoms with Crippen LogP contribution in [0.5, 0.6) is 0 Å². The molecule has 0 radical (unpaired) electrons. The van der Waals surface area contributed by atoms with Crippen molar-refractivity contribution in [3.05, 3.63) is 47.0 Å². The molecule has 0 amide bonds. The minimum absolute atomic E-state index is 0.446. The first-order chi connectivity index (χ1) is 10.7. The van der Waals surface area contributed by atoms with Gasteiger partial charge in [0.25, 0.3) is 0 Å². The van der Waals surface area contributed by atoms with Crippen LogP contribution in [0, 0.1) is 20.8 Å². The first kappa shape index (κ1) is 13.5. The second-order valence-electron chi connectivity index (χ2n) is 6.26. The Morgan fingerprint density at radius 3 is 2.64 bits per heavy atom. The van der Waals surface area contributed by atoms with E-state index in [2.05, 4.69) is 42.5 Å². The van der Waals surface area contributed by atoms with Crippen LogP contribution in [0.4, 0.5) is 0 Å². The summed E-state index contributed by atoms with van der Waals surface area (Å²) in [5.74, 6) is -0.408. The van der Waals surface area contributed by atoms with Gasteiger partial charge in [0.05, 0.1) is 5.56 Å². The molecule has 3 rings (SSSR count). The third-order valence-electron chi connectivity index (χ3n) is 4.17. The van der Waals surface area contributed by atoms with Crippen molar-refractivity contribution >= 4 is 11.1 Å². The van der Waals surface area contributed by atoms with Crippen molar-refractivity contribution in [1.29, 1.82) is 0 Å². The third-order valence-corrected chi connectivity index (χ3v) is 4.17. The summed E-state index contributed by atoms with van der Waals surface area (Å²) in [6, 6.07) is 6.30. The molecule has 0 aliphatic rings. The lowest BCUT2D eigenvalue weighted by molar-refractivity contribution is -0.659. The molecule has 0 saturated heterocycles. The highest BCUT2D eigenvalue weighted by Crippen LogP contribution is 2.31. The highest BCUT2D eigenvalue weighted by Gasteiger charge is 2.23. The van der Waals surface area contributed by atoms with Gasteiger partial charge in [0.15, 0.2) is 23.2 Å². The zero-order chi connectivity index (χ0) is 16.9. The molecule has 2 heterocycles. The minimum atomic E-state index is -0.855. The zero-order valence-electron chi connectivity index (χ0n) is 15.1. The molecule has 0 bridgehead atoms. The van der Waals surface area contributed by atoms with Gasteiger partial charge < -0.3 is 4.42 Å². The van der Waals surface area contributed by atoms with Gasteiger partial charge in [-0.3, -0.25) is 0 Å². The van der Waals surface area contributed by atoms with Gasteiger partial charge in [-0.1, -0.05) is 25.5 Å². The third kappa shape index (κ3) is 2.31. The van der Waals surface area contributed by atoms with Crippen LogP contribution in [0.15, 0.2) is 28.8 Å². The van der Waals surface area contributed by atoms with E-state index in [0.29, 0.717) is 5.89 Å². The molecule has 3 nitrogen and oxygen atoms in total. The normalized spacial score (nSPS) is 12.7. The molecule has 2 aromatic heterocycles. The SMILES string of the molecule is [2H]C(C)(C)c1nc2c(-c3cc(C)cc(C)c3C)[n+](C)ccc2o1. The average molecular weight is 296 g/mol. The fraction of sp³-hybridized carbons (Fsp3) is 0.368. The molecule has 1 aromatic carbocycles. The molecule has 0 unspecified atom stereocenters. The second kappa shape index (κ2) is 5.24. The molecular formula is C19H23N2O+. The van der Waals surface area contributed by atoms with Crippen molar-refractivity contribution in [2.45, 2.75) is 40.5 Å². The molecule has 0 spiro atoms. The maximum atomic E-state index is 8.18. The number of nitrogens with zero attached hydrogens (tertiary/aromatic N) is 2. The van der Waals surface area contributed by atoms with Crippen molar-refractivity contribution in [1.82, 2.24) is 4.98 Å². The van der Waals surface area contributed by atoms with Crippen LogP contribution in [-0.2, 0) is 7.05 Å². The Morgan fingerprint density at radius 1 is 1.23 bits per heavy atom. The average Bonchev–Trinajstić information content (AvgIpc) is 2.87. The zero-order valence-corrected chi connectivity index (χ0v) is 14.1. The number of hydrogen-bond donors (Lipinski definition) is 0. The van der Waals surface area contributed by atoms with Gasteiger partial charge >= 0.3 is 0 Å². The summed E-state index contributed by atoms with van der Waals surface area (Å²) in [7, 11) is 2.02. The van der Waals surface area contributed by atoms with Crippen molar-refractivity contribution in [3.63, 3.8) is 0 Å². The molecule has 114 valence electrons. The lowest BCUT2D eigenvalue weighted by Gasteiger charge is -2.09. The van der Waals surface area contributed by atoms with Crippen molar-refractivity contribution in [2.24, 2.45) is 7.05 Å².